The molecule has 0 bridgehead atoms. The van der Waals surface area contributed by atoms with Gasteiger partial charge in [0.15, 0.2) is 0 Å². The fourth-order valence-corrected chi connectivity index (χ4v) is 2.81. The van der Waals surface area contributed by atoms with Gasteiger partial charge in [-0.3, -0.25) is 9.05 Å². The van der Waals surface area contributed by atoms with Gasteiger partial charge < -0.3 is 4.52 Å². The van der Waals surface area contributed by atoms with Crippen molar-refractivity contribution in [3.05, 3.63) is 11.8 Å². The van der Waals surface area contributed by atoms with Crippen LogP contribution < -0.4 is 0 Å². The van der Waals surface area contributed by atoms with Gasteiger partial charge in [0.05, 0.1) is 13.2 Å². The molecule has 1 atom stereocenters. The number of phosphoric ester groups is 1. The zero-order valence-corrected chi connectivity index (χ0v) is 10.5. The van der Waals surface area contributed by atoms with Crippen LogP contribution in [0, 0.1) is 5.92 Å². The van der Waals surface area contributed by atoms with E-state index in [1.54, 1.807) is 13.8 Å². The third kappa shape index (κ3) is 3.63. The smallest absolute Gasteiger partial charge is 0.409 e. The first-order valence-corrected chi connectivity index (χ1v) is 6.86. The highest BCUT2D eigenvalue weighted by Crippen LogP contribution is 2.53. The Morgan fingerprint density at radius 2 is 2.00 bits per heavy atom. The van der Waals surface area contributed by atoms with E-state index in [0.29, 0.717) is 19.1 Å². The molecule has 0 N–H and O–H groups in total. The summed E-state index contributed by atoms with van der Waals surface area (Å²) in [5.74, 6) is 1.04. The molecule has 1 aliphatic carbocycles. The first kappa shape index (κ1) is 12.8. The minimum absolute atomic E-state index is 0.305. The molecular formula is C10H19O4P. The maximum absolute atomic E-state index is 12.0. The Labute approximate surface area is 91.2 Å². The van der Waals surface area contributed by atoms with Crippen LogP contribution in [-0.2, 0) is 18.1 Å². The van der Waals surface area contributed by atoms with Gasteiger partial charge in [0.1, 0.15) is 5.76 Å². The summed E-state index contributed by atoms with van der Waals surface area (Å²) in [6.45, 7) is 6.21. The lowest BCUT2D eigenvalue weighted by Gasteiger charge is -2.19. The van der Waals surface area contributed by atoms with Gasteiger partial charge in [0, 0.05) is 5.92 Å². The van der Waals surface area contributed by atoms with Crippen LogP contribution in [0.25, 0.3) is 0 Å². The predicted octanol–water partition coefficient (Wildman–Crippen LogP) is 3.50. The molecule has 4 nitrogen and oxygen atoms in total. The van der Waals surface area contributed by atoms with E-state index < -0.39 is 7.82 Å². The molecule has 0 amide bonds. The third-order valence-electron chi connectivity index (χ3n) is 2.22. The van der Waals surface area contributed by atoms with Crippen molar-refractivity contribution in [3.8, 4) is 0 Å². The van der Waals surface area contributed by atoms with Crippen molar-refractivity contribution in [3.63, 3.8) is 0 Å². The van der Waals surface area contributed by atoms with E-state index in [4.69, 9.17) is 13.6 Å². The molecule has 0 radical (unpaired) electrons. The fraction of sp³-hybridized carbons (Fsp3) is 0.800. The molecule has 0 heterocycles. The Hall–Kier alpha value is -0.310. The lowest BCUT2D eigenvalue weighted by molar-refractivity contribution is 0.139. The second-order valence-electron chi connectivity index (χ2n) is 3.46. The Bertz CT molecular complexity index is 265. The SMILES string of the molecule is CCOP(=O)(OCC)OC1=CCCC1C. The lowest BCUT2D eigenvalue weighted by atomic mass is 10.1. The van der Waals surface area contributed by atoms with Crippen LogP contribution in [0.1, 0.15) is 33.6 Å². The van der Waals surface area contributed by atoms with Crippen LogP contribution in [0.15, 0.2) is 11.8 Å². The fourth-order valence-electron chi connectivity index (χ4n) is 1.48. The average molecular weight is 234 g/mol. The summed E-state index contributed by atoms with van der Waals surface area (Å²) >= 11 is 0. The first-order chi connectivity index (χ1) is 7.11. The van der Waals surface area contributed by atoms with Crippen LogP contribution in [0.4, 0.5) is 0 Å². The molecule has 15 heavy (non-hydrogen) atoms. The van der Waals surface area contributed by atoms with Gasteiger partial charge in [-0.15, -0.1) is 0 Å². The summed E-state index contributed by atoms with van der Waals surface area (Å²) < 4.78 is 27.5. The minimum atomic E-state index is -3.37. The van der Waals surface area contributed by atoms with Crippen LogP contribution in [0.2, 0.25) is 0 Å². The van der Waals surface area contributed by atoms with Crippen molar-refractivity contribution in [1.82, 2.24) is 0 Å². The van der Waals surface area contributed by atoms with Gasteiger partial charge in [0.2, 0.25) is 0 Å². The molecule has 0 saturated heterocycles. The van der Waals surface area contributed by atoms with E-state index in [9.17, 15) is 4.57 Å². The first-order valence-electron chi connectivity index (χ1n) is 5.40. The van der Waals surface area contributed by atoms with Crippen LogP contribution >= 0.6 is 7.82 Å². The van der Waals surface area contributed by atoms with Gasteiger partial charge in [-0.25, -0.2) is 4.57 Å². The molecule has 0 aliphatic heterocycles. The number of allylic oxidation sites excluding steroid dienone is 2. The molecule has 1 rings (SSSR count). The van der Waals surface area contributed by atoms with E-state index in [-0.39, 0.29) is 0 Å². The molecular weight excluding hydrogens is 215 g/mol. The van der Waals surface area contributed by atoms with Crippen LogP contribution in [0.3, 0.4) is 0 Å². The molecule has 0 aromatic heterocycles. The Morgan fingerprint density at radius 3 is 2.40 bits per heavy atom. The lowest BCUT2D eigenvalue weighted by Crippen LogP contribution is -2.03. The Balaban J connectivity index is 2.62. The molecule has 1 aliphatic rings. The molecule has 1 unspecified atom stereocenters. The zero-order chi connectivity index (χ0) is 11.3. The topological polar surface area (TPSA) is 44.8 Å². The molecule has 0 spiro atoms. The Morgan fingerprint density at radius 1 is 1.40 bits per heavy atom. The van der Waals surface area contributed by atoms with Crippen molar-refractivity contribution in [2.24, 2.45) is 5.92 Å². The van der Waals surface area contributed by atoms with Crippen LogP contribution in [-0.4, -0.2) is 13.2 Å². The summed E-state index contributed by atoms with van der Waals surface area (Å²) in [4.78, 5) is 0. The van der Waals surface area contributed by atoms with Crippen LogP contribution in [0.5, 0.6) is 0 Å². The molecule has 5 heteroatoms. The number of hydrogen-bond acceptors (Lipinski definition) is 4. The summed E-state index contributed by atoms with van der Waals surface area (Å²) in [7, 11) is -3.37. The van der Waals surface area contributed by atoms with Crippen molar-refractivity contribution in [2.45, 2.75) is 33.6 Å². The number of rotatable bonds is 6. The summed E-state index contributed by atoms with van der Waals surface area (Å²) in [6, 6.07) is 0. The van der Waals surface area contributed by atoms with E-state index in [2.05, 4.69) is 0 Å². The van der Waals surface area contributed by atoms with Gasteiger partial charge in [0.25, 0.3) is 0 Å². The molecule has 0 aromatic rings. The largest absolute Gasteiger partial charge is 0.529 e. The summed E-state index contributed by atoms with van der Waals surface area (Å²) in [5, 5.41) is 0. The second kappa shape index (κ2) is 5.69. The highest BCUT2D eigenvalue weighted by atomic mass is 31.2. The van der Waals surface area contributed by atoms with Crippen molar-refractivity contribution < 1.29 is 18.1 Å². The average Bonchev–Trinajstić information content (AvgIpc) is 2.52. The van der Waals surface area contributed by atoms with Gasteiger partial charge >= 0.3 is 7.82 Å². The van der Waals surface area contributed by atoms with E-state index in [1.165, 1.54) is 0 Å². The predicted molar refractivity (Wildman–Crippen MR) is 58.4 cm³/mol. The molecule has 0 saturated carbocycles. The maximum Gasteiger partial charge on any atom is 0.529 e. The van der Waals surface area contributed by atoms with Crippen molar-refractivity contribution in [2.75, 3.05) is 13.2 Å². The van der Waals surface area contributed by atoms with Gasteiger partial charge in [-0.2, -0.15) is 0 Å². The number of phosphoric acid groups is 1. The standard InChI is InChI=1S/C10H19O4P/c1-4-12-15(11,13-5-2)14-10-8-6-7-9(10)3/h8-9H,4-7H2,1-3H3. The number of hydrogen-bond donors (Lipinski definition) is 0. The second-order valence-corrected chi connectivity index (χ2v) is 5.05. The molecule has 0 aromatic carbocycles. The van der Waals surface area contributed by atoms with E-state index in [1.807, 2.05) is 13.0 Å². The Kier molecular flexibility index (Phi) is 4.84. The summed E-state index contributed by atoms with van der Waals surface area (Å²) in [5.41, 5.74) is 0. The van der Waals surface area contributed by atoms with Crippen molar-refractivity contribution in [1.29, 1.82) is 0 Å². The van der Waals surface area contributed by atoms with E-state index >= 15 is 0 Å². The summed E-state index contributed by atoms with van der Waals surface area (Å²) in [6.07, 6.45) is 3.96. The normalized spacial score (nSPS) is 21.5. The minimum Gasteiger partial charge on any atom is -0.409 e. The highest BCUT2D eigenvalue weighted by Gasteiger charge is 2.31. The van der Waals surface area contributed by atoms with Gasteiger partial charge in [-0.05, 0) is 32.8 Å². The maximum atomic E-state index is 12.0. The zero-order valence-electron chi connectivity index (χ0n) is 9.56. The van der Waals surface area contributed by atoms with E-state index in [0.717, 1.165) is 18.6 Å². The quantitative estimate of drug-likeness (QED) is 0.660. The monoisotopic (exact) mass is 234 g/mol. The molecule has 0 fully saturated rings. The third-order valence-corrected chi connectivity index (χ3v) is 3.81. The highest BCUT2D eigenvalue weighted by molar-refractivity contribution is 7.48. The van der Waals surface area contributed by atoms with Gasteiger partial charge in [-0.1, -0.05) is 6.92 Å². The molecule has 88 valence electrons. The van der Waals surface area contributed by atoms with Crippen molar-refractivity contribution >= 4 is 7.82 Å².